The van der Waals surface area contributed by atoms with Crippen molar-refractivity contribution in [2.75, 3.05) is 25.3 Å². The Morgan fingerprint density at radius 1 is 1.11 bits per heavy atom. The number of benzene rings is 1. The van der Waals surface area contributed by atoms with Crippen LogP contribution >= 0.6 is 0 Å². The lowest BCUT2D eigenvalue weighted by Crippen LogP contribution is -2.02. The lowest BCUT2D eigenvalue weighted by molar-refractivity contribution is 0.395. The highest BCUT2D eigenvalue weighted by molar-refractivity contribution is 5.66. The number of nitrogens with zero attached hydrogens (tertiary/aromatic N) is 2. The van der Waals surface area contributed by atoms with Crippen molar-refractivity contribution in [3.05, 3.63) is 30.1 Å². The van der Waals surface area contributed by atoms with Crippen molar-refractivity contribution >= 4 is 17.3 Å². The minimum absolute atomic E-state index is 0.419. The number of aromatic nitrogens is 2. The molecule has 19 heavy (non-hydrogen) atoms. The van der Waals surface area contributed by atoms with Crippen molar-refractivity contribution in [1.29, 1.82) is 0 Å². The summed E-state index contributed by atoms with van der Waals surface area (Å²) in [5, 5.41) is 3.14. The highest BCUT2D eigenvalue weighted by Crippen LogP contribution is 2.31. The Morgan fingerprint density at radius 3 is 2.53 bits per heavy atom. The quantitative estimate of drug-likeness (QED) is 0.876. The van der Waals surface area contributed by atoms with Crippen LogP contribution in [0, 0.1) is 6.92 Å². The molecule has 2 aromatic rings. The van der Waals surface area contributed by atoms with Gasteiger partial charge in [0.05, 0.1) is 19.9 Å². The molecule has 6 heteroatoms. The van der Waals surface area contributed by atoms with Crippen molar-refractivity contribution in [3.63, 3.8) is 0 Å². The molecule has 100 valence electrons. The second-order valence-corrected chi connectivity index (χ2v) is 3.92. The first kappa shape index (κ1) is 12.9. The molecule has 1 aromatic heterocycles. The van der Waals surface area contributed by atoms with Gasteiger partial charge in [0.15, 0.2) is 0 Å². The maximum atomic E-state index is 5.69. The van der Waals surface area contributed by atoms with Gasteiger partial charge in [-0.05, 0) is 19.1 Å². The molecular weight excluding hydrogens is 244 g/mol. The third kappa shape index (κ3) is 3.04. The van der Waals surface area contributed by atoms with Crippen LogP contribution in [0.3, 0.4) is 0 Å². The molecule has 0 aliphatic carbocycles. The molecule has 0 saturated carbocycles. The summed E-state index contributed by atoms with van der Waals surface area (Å²) in [5.41, 5.74) is 6.47. The summed E-state index contributed by atoms with van der Waals surface area (Å²) in [6.45, 7) is 1.78. The average molecular weight is 260 g/mol. The van der Waals surface area contributed by atoms with E-state index in [1.807, 2.05) is 12.1 Å². The van der Waals surface area contributed by atoms with E-state index in [4.69, 9.17) is 15.2 Å². The van der Waals surface area contributed by atoms with Gasteiger partial charge in [0.25, 0.3) is 0 Å². The zero-order valence-electron chi connectivity index (χ0n) is 11.1. The number of nitrogens with one attached hydrogen (secondary N) is 1. The van der Waals surface area contributed by atoms with Crippen LogP contribution in [0.5, 0.6) is 11.5 Å². The topological polar surface area (TPSA) is 82.3 Å². The predicted octanol–water partition coefficient (Wildman–Crippen LogP) is 2.13. The van der Waals surface area contributed by atoms with Crippen molar-refractivity contribution in [3.8, 4) is 11.5 Å². The largest absolute Gasteiger partial charge is 0.497 e. The number of aryl methyl sites for hydroxylation is 1. The fourth-order valence-corrected chi connectivity index (χ4v) is 1.69. The van der Waals surface area contributed by atoms with E-state index < -0.39 is 0 Å². The summed E-state index contributed by atoms with van der Waals surface area (Å²) in [6.07, 6.45) is 0. The van der Waals surface area contributed by atoms with Crippen LogP contribution in [0.25, 0.3) is 0 Å². The molecule has 3 N–H and O–H groups in total. The molecule has 6 nitrogen and oxygen atoms in total. The maximum absolute atomic E-state index is 5.69. The molecule has 0 saturated heterocycles. The third-order valence-electron chi connectivity index (χ3n) is 2.53. The number of nitrogen functional groups attached to an aromatic ring is 1. The zero-order chi connectivity index (χ0) is 13.8. The number of nitrogens with two attached hydrogens (primary N) is 1. The van der Waals surface area contributed by atoms with Crippen LogP contribution in [-0.4, -0.2) is 24.2 Å². The summed E-state index contributed by atoms with van der Waals surface area (Å²) < 4.78 is 10.5. The Kier molecular flexibility index (Phi) is 3.70. The monoisotopic (exact) mass is 260 g/mol. The molecule has 1 aromatic carbocycles. The number of ether oxygens (including phenoxy) is 2. The maximum Gasteiger partial charge on any atom is 0.146 e. The third-order valence-corrected chi connectivity index (χ3v) is 2.53. The first-order valence-corrected chi connectivity index (χ1v) is 5.72. The van der Waals surface area contributed by atoms with Gasteiger partial charge in [-0.25, -0.2) is 9.97 Å². The molecular formula is C13H16N4O2. The Hall–Kier alpha value is -2.50. The standard InChI is InChI=1S/C13H16N4O2/c1-8-15-12(14)7-13(16-8)17-10-5-4-9(18-2)6-11(10)19-3/h4-7H,1-3H3,(H3,14,15,16,17). The lowest BCUT2D eigenvalue weighted by Gasteiger charge is -2.12. The molecule has 0 fully saturated rings. The summed E-state index contributed by atoms with van der Waals surface area (Å²) in [6, 6.07) is 7.14. The van der Waals surface area contributed by atoms with Gasteiger partial charge in [-0.3, -0.25) is 0 Å². The second kappa shape index (κ2) is 5.43. The molecule has 0 aliphatic rings. The Balaban J connectivity index is 2.32. The van der Waals surface area contributed by atoms with E-state index in [1.54, 1.807) is 33.3 Å². The van der Waals surface area contributed by atoms with Crippen LogP contribution in [0.15, 0.2) is 24.3 Å². The van der Waals surface area contributed by atoms with Gasteiger partial charge in [0, 0.05) is 12.1 Å². The van der Waals surface area contributed by atoms with Gasteiger partial charge < -0.3 is 20.5 Å². The van der Waals surface area contributed by atoms with E-state index in [0.717, 1.165) is 11.4 Å². The lowest BCUT2D eigenvalue weighted by atomic mass is 10.2. The Labute approximate surface area is 111 Å². The number of anilines is 3. The van der Waals surface area contributed by atoms with Crippen LogP contribution in [0.2, 0.25) is 0 Å². The smallest absolute Gasteiger partial charge is 0.146 e. The van der Waals surface area contributed by atoms with Gasteiger partial charge in [0.1, 0.15) is 29.0 Å². The summed E-state index contributed by atoms with van der Waals surface area (Å²) in [7, 11) is 3.20. The van der Waals surface area contributed by atoms with E-state index in [9.17, 15) is 0 Å². The first-order valence-electron chi connectivity index (χ1n) is 5.72. The number of methoxy groups -OCH3 is 2. The molecule has 0 spiro atoms. The number of hydrogen-bond donors (Lipinski definition) is 2. The van der Waals surface area contributed by atoms with Gasteiger partial charge in [0.2, 0.25) is 0 Å². The van der Waals surface area contributed by atoms with Crippen LogP contribution in [-0.2, 0) is 0 Å². The van der Waals surface area contributed by atoms with E-state index in [-0.39, 0.29) is 0 Å². The van der Waals surface area contributed by atoms with Crippen LogP contribution < -0.4 is 20.5 Å². The van der Waals surface area contributed by atoms with E-state index in [1.165, 1.54) is 0 Å². The first-order chi connectivity index (χ1) is 9.12. The van der Waals surface area contributed by atoms with Crippen LogP contribution in [0.1, 0.15) is 5.82 Å². The molecule has 1 heterocycles. The Bertz CT molecular complexity index is 567. The van der Waals surface area contributed by atoms with Gasteiger partial charge in [-0.1, -0.05) is 0 Å². The summed E-state index contributed by atoms with van der Waals surface area (Å²) >= 11 is 0. The molecule has 2 rings (SSSR count). The minimum Gasteiger partial charge on any atom is -0.497 e. The highest BCUT2D eigenvalue weighted by Gasteiger charge is 2.07. The number of rotatable bonds is 4. The fraction of sp³-hybridized carbons (Fsp3) is 0.231. The van der Waals surface area contributed by atoms with E-state index >= 15 is 0 Å². The SMILES string of the molecule is COc1ccc(Nc2cc(N)nc(C)n2)c(OC)c1. The normalized spacial score (nSPS) is 10.1. The van der Waals surface area contributed by atoms with E-state index in [0.29, 0.717) is 23.2 Å². The van der Waals surface area contributed by atoms with Crippen molar-refractivity contribution in [2.45, 2.75) is 6.92 Å². The average Bonchev–Trinajstić information content (AvgIpc) is 2.38. The zero-order valence-corrected chi connectivity index (χ0v) is 11.1. The van der Waals surface area contributed by atoms with Crippen molar-refractivity contribution in [1.82, 2.24) is 9.97 Å². The van der Waals surface area contributed by atoms with Gasteiger partial charge in [-0.15, -0.1) is 0 Å². The fourth-order valence-electron chi connectivity index (χ4n) is 1.69. The molecule has 0 radical (unpaired) electrons. The Morgan fingerprint density at radius 2 is 1.89 bits per heavy atom. The van der Waals surface area contributed by atoms with Crippen LogP contribution in [0.4, 0.5) is 17.3 Å². The van der Waals surface area contributed by atoms with E-state index in [2.05, 4.69) is 15.3 Å². The van der Waals surface area contributed by atoms with Crippen molar-refractivity contribution < 1.29 is 9.47 Å². The van der Waals surface area contributed by atoms with Gasteiger partial charge >= 0.3 is 0 Å². The minimum atomic E-state index is 0.419. The molecule has 0 aliphatic heterocycles. The molecule has 0 amide bonds. The molecule has 0 atom stereocenters. The molecule has 0 bridgehead atoms. The van der Waals surface area contributed by atoms with Crippen molar-refractivity contribution in [2.24, 2.45) is 0 Å². The molecule has 0 unspecified atom stereocenters. The number of hydrogen-bond acceptors (Lipinski definition) is 6. The predicted molar refractivity (Wildman–Crippen MR) is 74.0 cm³/mol. The highest BCUT2D eigenvalue weighted by atomic mass is 16.5. The van der Waals surface area contributed by atoms with Gasteiger partial charge in [-0.2, -0.15) is 0 Å². The second-order valence-electron chi connectivity index (χ2n) is 3.92. The summed E-state index contributed by atoms with van der Waals surface area (Å²) in [4.78, 5) is 8.28. The summed E-state index contributed by atoms with van der Waals surface area (Å²) in [5.74, 6) is 3.03.